The molecule has 0 aromatic rings. The second-order valence-corrected chi connectivity index (χ2v) is 3.59. The molecule has 0 radical (unpaired) electrons. The van der Waals surface area contributed by atoms with E-state index in [1.54, 1.807) is 6.08 Å². The minimum absolute atomic E-state index is 0.384. The molecule has 4 nitrogen and oxygen atoms in total. The molecular formula is C10H18N2O2. The van der Waals surface area contributed by atoms with Gasteiger partial charge in [0.15, 0.2) is 0 Å². The molecule has 0 saturated carbocycles. The first-order chi connectivity index (χ1) is 6.70. The molecule has 0 atom stereocenters. The normalized spacial score (nSPS) is 19.3. The Morgan fingerprint density at radius 3 is 2.79 bits per heavy atom. The number of hydrogen-bond acceptors (Lipinski definition) is 3. The number of amides is 1. The quantitative estimate of drug-likeness (QED) is 0.654. The Bertz CT molecular complexity index is 210. The van der Waals surface area contributed by atoms with Crippen LogP contribution in [0.3, 0.4) is 0 Å². The maximum absolute atomic E-state index is 10.5. The maximum Gasteiger partial charge on any atom is 0.241 e. The van der Waals surface area contributed by atoms with Crippen molar-refractivity contribution in [2.75, 3.05) is 26.8 Å². The van der Waals surface area contributed by atoms with Crippen molar-refractivity contribution in [1.29, 1.82) is 0 Å². The lowest BCUT2D eigenvalue weighted by Crippen LogP contribution is -2.36. The van der Waals surface area contributed by atoms with E-state index in [4.69, 9.17) is 10.5 Å². The van der Waals surface area contributed by atoms with Crippen LogP contribution in [0.2, 0.25) is 0 Å². The van der Waals surface area contributed by atoms with Gasteiger partial charge in [-0.15, -0.1) is 0 Å². The van der Waals surface area contributed by atoms with E-state index < -0.39 is 0 Å². The minimum Gasteiger partial charge on any atom is -0.381 e. The molecular weight excluding hydrogens is 180 g/mol. The number of carbonyl (C=O) groups excluding carboxylic acids is 1. The van der Waals surface area contributed by atoms with Gasteiger partial charge in [0.25, 0.3) is 0 Å². The standard InChI is InChI=1S/C10H18N2O2/c1-12(6-2-3-10(11)13)9-4-7-14-8-5-9/h2-3,9H,4-8H2,1H3,(H2,11,13). The van der Waals surface area contributed by atoms with Crippen LogP contribution in [-0.2, 0) is 9.53 Å². The van der Waals surface area contributed by atoms with Crippen molar-refractivity contribution in [2.45, 2.75) is 18.9 Å². The first-order valence-electron chi connectivity index (χ1n) is 4.94. The highest BCUT2D eigenvalue weighted by molar-refractivity contribution is 5.85. The molecule has 0 bridgehead atoms. The van der Waals surface area contributed by atoms with Gasteiger partial charge >= 0.3 is 0 Å². The third kappa shape index (κ3) is 3.89. The number of rotatable bonds is 4. The highest BCUT2D eigenvalue weighted by Gasteiger charge is 2.16. The van der Waals surface area contributed by atoms with Crippen LogP contribution in [0, 0.1) is 0 Å². The Balaban J connectivity index is 2.25. The van der Waals surface area contributed by atoms with Crippen LogP contribution in [0.25, 0.3) is 0 Å². The van der Waals surface area contributed by atoms with Crippen LogP contribution >= 0.6 is 0 Å². The van der Waals surface area contributed by atoms with Gasteiger partial charge in [0.05, 0.1) is 0 Å². The molecule has 80 valence electrons. The summed E-state index contributed by atoms with van der Waals surface area (Å²) in [4.78, 5) is 12.7. The van der Waals surface area contributed by atoms with Crippen molar-refractivity contribution < 1.29 is 9.53 Å². The Kier molecular flexibility index (Phi) is 4.62. The molecule has 1 aliphatic heterocycles. The molecule has 1 aliphatic rings. The molecule has 14 heavy (non-hydrogen) atoms. The molecule has 1 saturated heterocycles. The number of primary amides is 1. The van der Waals surface area contributed by atoms with Crippen molar-refractivity contribution in [1.82, 2.24) is 4.90 Å². The Morgan fingerprint density at radius 1 is 1.57 bits per heavy atom. The molecule has 1 amide bonds. The topological polar surface area (TPSA) is 55.6 Å². The zero-order valence-electron chi connectivity index (χ0n) is 8.61. The molecule has 1 rings (SSSR count). The summed E-state index contributed by atoms with van der Waals surface area (Å²) in [6.07, 6.45) is 5.36. The minimum atomic E-state index is -0.384. The largest absolute Gasteiger partial charge is 0.381 e. The third-order valence-electron chi connectivity index (χ3n) is 2.49. The lowest BCUT2D eigenvalue weighted by atomic mass is 10.1. The van der Waals surface area contributed by atoms with Gasteiger partial charge in [-0.2, -0.15) is 0 Å². The number of likely N-dealkylation sites (N-methyl/N-ethyl adjacent to an activating group) is 1. The predicted molar refractivity (Wildman–Crippen MR) is 54.8 cm³/mol. The molecule has 1 heterocycles. The van der Waals surface area contributed by atoms with E-state index in [0.717, 1.165) is 32.6 Å². The molecule has 0 aliphatic carbocycles. The van der Waals surface area contributed by atoms with Crippen LogP contribution in [0.5, 0.6) is 0 Å². The van der Waals surface area contributed by atoms with E-state index in [9.17, 15) is 4.79 Å². The van der Waals surface area contributed by atoms with Crippen molar-refractivity contribution >= 4 is 5.91 Å². The molecule has 0 spiro atoms. The first kappa shape index (κ1) is 11.2. The summed E-state index contributed by atoms with van der Waals surface area (Å²) in [5.74, 6) is -0.384. The van der Waals surface area contributed by atoms with Gasteiger partial charge in [0.1, 0.15) is 0 Å². The average Bonchev–Trinajstić information content (AvgIpc) is 2.18. The molecule has 2 N–H and O–H groups in total. The first-order valence-corrected chi connectivity index (χ1v) is 4.94. The number of nitrogens with zero attached hydrogens (tertiary/aromatic N) is 1. The van der Waals surface area contributed by atoms with Gasteiger partial charge in [-0.1, -0.05) is 6.08 Å². The summed E-state index contributed by atoms with van der Waals surface area (Å²) in [5, 5.41) is 0. The van der Waals surface area contributed by atoms with Crippen molar-refractivity contribution in [3.8, 4) is 0 Å². The number of hydrogen-bond donors (Lipinski definition) is 1. The lowest BCUT2D eigenvalue weighted by Gasteiger charge is -2.30. The van der Waals surface area contributed by atoms with Crippen LogP contribution in [0.4, 0.5) is 0 Å². The van der Waals surface area contributed by atoms with Gasteiger partial charge in [-0.05, 0) is 26.0 Å². The molecule has 0 aromatic heterocycles. The third-order valence-corrected chi connectivity index (χ3v) is 2.49. The van der Waals surface area contributed by atoms with E-state index in [-0.39, 0.29) is 5.91 Å². The summed E-state index contributed by atoms with van der Waals surface area (Å²) >= 11 is 0. The van der Waals surface area contributed by atoms with Crippen molar-refractivity contribution in [2.24, 2.45) is 5.73 Å². The van der Waals surface area contributed by atoms with Gasteiger partial charge < -0.3 is 10.5 Å². The Hall–Kier alpha value is -0.870. The molecule has 4 heteroatoms. The van der Waals surface area contributed by atoms with Crippen LogP contribution in [0.15, 0.2) is 12.2 Å². The Labute approximate surface area is 84.7 Å². The SMILES string of the molecule is CN(CC=CC(N)=O)C1CCOCC1. The van der Waals surface area contributed by atoms with E-state index in [2.05, 4.69) is 11.9 Å². The highest BCUT2D eigenvalue weighted by Crippen LogP contribution is 2.12. The number of ether oxygens (including phenoxy) is 1. The lowest BCUT2D eigenvalue weighted by molar-refractivity contribution is -0.113. The fourth-order valence-corrected chi connectivity index (χ4v) is 1.61. The second-order valence-electron chi connectivity index (χ2n) is 3.59. The van der Waals surface area contributed by atoms with Crippen LogP contribution in [-0.4, -0.2) is 43.7 Å². The monoisotopic (exact) mass is 198 g/mol. The van der Waals surface area contributed by atoms with Crippen LogP contribution in [0.1, 0.15) is 12.8 Å². The van der Waals surface area contributed by atoms with E-state index in [0.29, 0.717) is 6.04 Å². The van der Waals surface area contributed by atoms with Gasteiger partial charge in [0.2, 0.25) is 5.91 Å². The fraction of sp³-hybridized carbons (Fsp3) is 0.700. The summed E-state index contributed by atoms with van der Waals surface area (Å²) in [7, 11) is 2.06. The average molecular weight is 198 g/mol. The zero-order chi connectivity index (χ0) is 10.4. The fourth-order valence-electron chi connectivity index (χ4n) is 1.61. The second kappa shape index (κ2) is 5.78. The smallest absolute Gasteiger partial charge is 0.241 e. The van der Waals surface area contributed by atoms with Gasteiger partial charge in [-0.3, -0.25) is 9.69 Å². The van der Waals surface area contributed by atoms with Crippen molar-refractivity contribution in [3.05, 3.63) is 12.2 Å². The van der Waals surface area contributed by atoms with Crippen molar-refractivity contribution in [3.63, 3.8) is 0 Å². The van der Waals surface area contributed by atoms with Gasteiger partial charge in [0, 0.05) is 25.8 Å². The van der Waals surface area contributed by atoms with E-state index in [1.165, 1.54) is 6.08 Å². The van der Waals surface area contributed by atoms with Gasteiger partial charge in [-0.25, -0.2) is 0 Å². The molecule has 0 unspecified atom stereocenters. The predicted octanol–water partition coefficient (Wildman–Crippen LogP) is 0.139. The Morgan fingerprint density at radius 2 is 2.21 bits per heavy atom. The van der Waals surface area contributed by atoms with E-state index in [1.807, 2.05) is 0 Å². The van der Waals surface area contributed by atoms with Crippen LogP contribution < -0.4 is 5.73 Å². The summed E-state index contributed by atoms with van der Waals surface area (Å²) in [5.41, 5.74) is 4.99. The highest BCUT2D eigenvalue weighted by atomic mass is 16.5. The maximum atomic E-state index is 10.5. The summed E-state index contributed by atoms with van der Waals surface area (Å²) in [6.45, 7) is 2.46. The number of nitrogens with two attached hydrogens (primary N) is 1. The summed E-state index contributed by atoms with van der Waals surface area (Å²) in [6, 6.07) is 0.571. The molecule has 1 fully saturated rings. The summed E-state index contributed by atoms with van der Waals surface area (Å²) < 4.78 is 5.27. The van der Waals surface area contributed by atoms with E-state index >= 15 is 0 Å². The molecule has 0 aromatic carbocycles. The number of carbonyl (C=O) groups is 1. The zero-order valence-corrected chi connectivity index (χ0v) is 8.61.